The maximum Gasteiger partial charge on any atom is 0.234 e. The second-order valence-electron chi connectivity index (χ2n) is 5.84. The third-order valence-electron chi connectivity index (χ3n) is 3.98. The molecule has 1 aliphatic rings. The summed E-state index contributed by atoms with van der Waals surface area (Å²) in [4.78, 5) is 23.7. The van der Waals surface area contributed by atoms with Crippen molar-refractivity contribution in [3.05, 3.63) is 30.3 Å². The van der Waals surface area contributed by atoms with Gasteiger partial charge in [-0.05, 0) is 30.9 Å². The number of rotatable bonds is 6. The van der Waals surface area contributed by atoms with Gasteiger partial charge in [-0.2, -0.15) is 0 Å². The quantitative estimate of drug-likeness (QED) is 0.847. The molecule has 0 aliphatic heterocycles. The Hall–Kier alpha value is -1.49. The molecule has 0 bridgehead atoms. The smallest absolute Gasteiger partial charge is 0.234 e. The number of benzene rings is 1. The summed E-state index contributed by atoms with van der Waals surface area (Å²) in [6, 6.07) is 9.66. The molecule has 2 N–H and O–H groups in total. The van der Waals surface area contributed by atoms with Gasteiger partial charge < -0.3 is 10.6 Å². The number of hydrogen-bond acceptors (Lipinski definition) is 3. The third-order valence-corrected chi connectivity index (χ3v) is 4.91. The Labute approximate surface area is 136 Å². The molecule has 0 aromatic heterocycles. The fourth-order valence-corrected chi connectivity index (χ4v) is 3.36. The first kappa shape index (κ1) is 16.9. The van der Waals surface area contributed by atoms with E-state index in [9.17, 15) is 9.59 Å². The summed E-state index contributed by atoms with van der Waals surface area (Å²) in [5, 5.41) is 5.91. The highest BCUT2D eigenvalue weighted by Gasteiger charge is 2.22. The van der Waals surface area contributed by atoms with Gasteiger partial charge in [-0.15, -0.1) is 11.8 Å². The van der Waals surface area contributed by atoms with Crippen molar-refractivity contribution >= 4 is 29.3 Å². The molecule has 1 fully saturated rings. The first-order valence-corrected chi connectivity index (χ1v) is 9.02. The lowest BCUT2D eigenvalue weighted by atomic mass is 9.86. The van der Waals surface area contributed by atoms with Gasteiger partial charge in [0.25, 0.3) is 0 Å². The number of hydrogen-bond donors (Lipinski definition) is 2. The standard InChI is InChI=1S/C17H24N2O2S/c1-13-7-5-6-10-15(13)19-17(21)12-22-11-16(20)18-14-8-3-2-4-9-14/h2-4,8-9,13,15H,5-7,10-12H2,1H3,(H,18,20)(H,19,21). The highest BCUT2D eigenvalue weighted by atomic mass is 32.2. The molecule has 2 rings (SSSR count). The SMILES string of the molecule is CC1CCCCC1NC(=O)CSCC(=O)Nc1ccccc1. The summed E-state index contributed by atoms with van der Waals surface area (Å²) in [5.41, 5.74) is 0.786. The summed E-state index contributed by atoms with van der Waals surface area (Å²) in [6.45, 7) is 2.20. The molecule has 1 aromatic carbocycles. The largest absolute Gasteiger partial charge is 0.352 e. The predicted octanol–water partition coefficient (Wildman–Crippen LogP) is 3.05. The van der Waals surface area contributed by atoms with E-state index in [0.29, 0.717) is 23.5 Å². The molecular formula is C17H24N2O2S. The van der Waals surface area contributed by atoms with Gasteiger partial charge in [-0.3, -0.25) is 9.59 Å². The van der Waals surface area contributed by atoms with Gasteiger partial charge in [0.05, 0.1) is 11.5 Å². The molecule has 1 aliphatic carbocycles. The Bertz CT molecular complexity index is 493. The normalized spacial score (nSPS) is 21.1. The van der Waals surface area contributed by atoms with Gasteiger partial charge in [0.15, 0.2) is 0 Å². The first-order valence-electron chi connectivity index (χ1n) is 7.87. The van der Waals surface area contributed by atoms with Gasteiger partial charge in [-0.25, -0.2) is 0 Å². The zero-order valence-corrected chi connectivity index (χ0v) is 13.8. The molecule has 22 heavy (non-hydrogen) atoms. The molecule has 0 saturated heterocycles. The van der Waals surface area contributed by atoms with E-state index in [-0.39, 0.29) is 11.8 Å². The highest BCUT2D eigenvalue weighted by molar-refractivity contribution is 8.00. The average molecular weight is 320 g/mol. The summed E-state index contributed by atoms with van der Waals surface area (Å²) >= 11 is 1.35. The van der Waals surface area contributed by atoms with Crippen LogP contribution in [-0.2, 0) is 9.59 Å². The lowest BCUT2D eigenvalue weighted by molar-refractivity contribution is -0.119. The number of carbonyl (C=O) groups is 2. The molecule has 4 nitrogen and oxygen atoms in total. The summed E-state index contributed by atoms with van der Waals surface area (Å²) < 4.78 is 0. The number of carbonyl (C=O) groups excluding carboxylic acids is 2. The number of thioether (sulfide) groups is 1. The van der Waals surface area contributed by atoms with Crippen LogP contribution in [0.15, 0.2) is 30.3 Å². The van der Waals surface area contributed by atoms with Crippen molar-refractivity contribution in [3.8, 4) is 0 Å². The van der Waals surface area contributed by atoms with Crippen LogP contribution in [0.2, 0.25) is 0 Å². The topological polar surface area (TPSA) is 58.2 Å². The number of amides is 2. The second-order valence-corrected chi connectivity index (χ2v) is 6.83. The van der Waals surface area contributed by atoms with Crippen molar-refractivity contribution in [2.75, 3.05) is 16.8 Å². The summed E-state index contributed by atoms with van der Waals surface area (Å²) in [5.74, 6) is 1.16. The average Bonchev–Trinajstić information content (AvgIpc) is 2.50. The van der Waals surface area contributed by atoms with Crippen LogP contribution in [0.5, 0.6) is 0 Å². The number of anilines is 1. The van der Waals surface area contributed by atoms with Crippen LogP contribution < -0.4 is 10.6 Å². The van der Waals surface area contributed by atoms with Gasteiger partial charge in [0.1, 0.15) is 0 Å². The summed E-state index contributed by atoms with van der Waals surface area (Å²) in [7, 11) is 0. The molecule has 5 heteroatoms. The van der Waals surface area contributed by atoms with Crippen LogP contribution >= 0.6 is 11.8 Å². The third kappa shape index (κ3) is 5.72. The van der Waals surface area contributed by atoms with Crippen LogP contribution in [-0.4, -0.2) is 29.4 Å². The van der Waals surface area contributed by atoms with Crippen molar-refractivity contribution in [3.63, 3.8) is 0 Å². The monoisotopic (exact) mass is 320 g/mol. The van der Waals surface area contributed by atoms with Gasteiger partial charge in [-0.1, -0.05) is 38.0 Å². The number of nitrogens with one attached hydrogen (secondary N) is 2. The molecular weight excluding hydrogens is 296 g/mol. The van der Waals surface area contributed by atoms with Crippen LogP contribution in [0.3, 0.4) is 0 Å². The molecule has 1 saturated carbocycles. The first-order chi connectivity index (χ1) is 10.6. The fraction of sp³-hybridized carbons (Fsp3) is 0.529. The Balaban J connectivity index is 1.63. The van der Waals surface area contributed by atoms with Crippen molar-refractivity contribution < 1.29 is 9.59 Å². The number of para-hydroxylation sites is 1. The van der Waals surface area contributed by atoms with Crippen LogP contribution in [0.25, 0.3) is 0 Å². The minimum absolute atomic E-state index is 0.0382. The maximum atomic E-state index is 11.9. The molecule has 1 aromatic rings. The van der Waals surface area contributed by atoms with Gasteiger partial charge in [0.2, 0.25) is 11.8 Å². The molecule has 2 atom stereocenters. The lowest BCUT2D eigenvalue weighted by Crippen LogP contribution is -2.42. The fourth-order valence-electron chi connectivity index (χ4n) is 2.73. The molecule has 0 spiro atoms. The van der Waals surface area contributed by atoms with Crippen molar-refractivity contribution in [1.82, 2.24) is 5.32 Å². The molecule has 0 radical (unpaired) electrons. The highest BCUT2D eigenvalue weighted by Crippen LogP contribution is 2.23. The molecule has 120 valence electrons. The van der Waals surface area contributed by atoms with Crippen molar-refractivity contribution in [2.24, 2.45) is 5.92 Å². The van der Waals surface area contributed by atoms with E-state index in [1.165, 1.54) is 31.0 Å². The van der Waals surface area contributed by atoms with E-state index in [0.717, 1.165) is 12.1 Å². The Morgan fingerprint density at radius 3 is 2.50 bits per heavy atom. The minimum atomic E-state index is -0.0740. The van der Waals surface area contributed by atoms with Gasteiger partial charge in [0, 0.05) is 11.7 Å². The van der Waals surface area contributed by atoms with E-state index >= 15 is 0 Å². The molecule has 2 unspecified atom stereocenters. The maximum absolute atomic E-state index is 11.9. The minimum Gasteiger partial charge on any atom is -0.352 e. The summed E-state index contributed by atoms with van der Waals surface area (Å²) in [6.07, 6.45) is 4.73. The van der Waals surface area contributed by atoms with E-state index in [2.05, 4.69) is 17.6 Å². The lowest BCUT2D eigenvalue weighted by Gasteiger charge is -2.29. The molecule has 2 amide bonds. The van der Waals surface area contributed by atoms with E-state index in [1.807, 2.05) is 30.3 Å². The Kier molecular flexibility index (Phi) is 6.77. The van der Waals surface area contributed by atoms with E-state index < -0.39 is 0 Å². The van der Waals surface area contributed by atoms with Crippen LogP contribution in [0, 0.1) is 5.92 Å². The van der Waals surface area contributed by atoms with E-state index in [1.54, 1.807) is 0 Å². The van der Waals surface area contributed by atoms with Crippen molar-refractivity contribution in [2.45, 2.75) is 38.6 Å². The van der Waals surface area contributed by atoms with Crippen LogP contribution in [0.4, 0.5) is 5.69 Å². The Morgan fingerprint density at radius 1 is 1.09 bits per heavy atom. The molecule has 0 heterocycles. The Morgan fingerprint density at radius 2 is 1.77 bits per heavy atom. The zero-order chi connectivity index (χ0) is 15.8. The predicted molar refractivity (Wildman–Crippen MR) is 92.0 cm³/mol. The van der Waals surface area contributed by atoms with Gasteiger partial charge >= 0.3 is 0 Å². The zero-order valence-electron chi connectivity index (χ0n) is 13.0. The van der Waals surface area contributed by atoms with Crippen LogP contribution in [0.1, 0.15) is 32.6 Å². The van der Waals surface area contributed by atoms with E-state index in [4.69, 9.17) is 0 Å². The van der Waals surface area contributed by atoms with Crippen molar-refractivity contribution in [1.29, 1.82) is 0 Å². The second kappa shape index (κ2) is 8.83.